The van der Waals surface area contributed by atoms with Crippen molar-refractivity contribution in [2.24, 2.45) is 0 Å². The quantitative estimate of drug-likeness (QED) is 0.130. The SMILES string of the molecule is COCCNC(=O)OCC(COC(=O)NCCOC)OCCCC(=O)NCCCOCCCC=O. The van der Waals surface area contributed by atoms with Crippen molar-refractivity contribution in [1.29, 1.82) is 0 Å². The van der Waals surface area contributed by atoms with Gasteiger partial charge in [0.25, 0.3) is 0 Å². The number of ether oxygens (including phenoxy) is 6. The number of alkyl carbamates (subject to hydrolysis) is 2. The number of hydrogen-bond donors (Lipinski definition) is 3. The van der Waals surface area contributed by atoms with Crippen LogP contribution >= 0.6 is 0 Å². The molecule has 0 saturated carbocycles. The summed E-state index contributed by atoms with van der Waals surface area (Å²) in [5.74, 6) is -0.117. The topological polar surface area (TPSA) is 160 Å². The van der Waals surface area contributed by atoms with Crippen LogP contribution in [-0.2, 0) is 38.0 Å². The van der Waals surface area contributed by atoms with E-state index in [1.54, 1.807) is 0 Å². The Kier molecular flexibility index (Phi) is 22.9. The van der Waals surface area contributed by atoms with Crippen LogP contribution in [0.25, 0.3) is 0 Å². The van der Waals surface area contributed by atoms with E-state index < -0.39 is 18.3 Å². The molecule has 0 rings (SSSR count). The van der Waals surface area contributed by atoms with E-state index in [4.69, 9.17) is 28.4 Å². The summed E-state index contributed by atoms with van der Waals surface area (Å²) in [4.78, 5) is 45.5. The van der Waals surface area contributed by atoms with Gasteiger partial charge in [0.1, 0.15) is 25.6 Å². The van der Waals surface area contributed by atoms with E-state index in [-0.39, 0.29) is 32.1 Å². The van der Waals surface area contributed by atoms with Crippen LogP contribution in [0.3, 0.4) is 0 Å². The van der Waals surface area contributed by atoms with Gasteiger partial charge in [-0.15, -0.1) is 0 Å². The van der Waals surface area contributed by atoms with E-state index in [0.717, 1.165) is 6.29 Å². The van der Waals surface area contributed by atoms with Gasteiger partial charge in [0.15, 0.2) is 0 Å². The summed E-state index contributed by atoms with van der Waals surface area (Å²) in [5, 5.41) is 7.82. The van der Waals surface area contributed by atoms with E-state index in [9.17, 15) is 19.2 Å². The molecule has 0 fully saturated rings. The van der Waals surface area contributed by atoms with E-state index in [1.165, 1.54) is 14.2 Å². The predicted octanol–water partition coefficient (Wildman–Crippen LogP) is 0.399. The number of unbranched alkanes of at least 4 members (excludes halogenated alkanes) is 1. The molecule has 3 N–H and O–H groups in total. The Balaban J connectivity index is 4.15. The Hall–Kier alpha value is -2.48. The summed E-state index contributed by atoms with van der Waals surface area (Å²) in [6.45, 7) is 2.75. The van der Waals surface area contributed by atoms with E-state index in [2.05, 4.69) is 16.0 Å². The third kappa shape index (κ3) is 23.1. The number of hydrogen-bond acceptors (Lipinski definition) is 10. The van der Waals surface area contributed by atoms with Crippen LogP contribution in [0.5, 0.6) is 0 Å². The van der Waals surface area contributed by atoms with Crippen molar-refractivity contribution >= 4 is 24.4 Å². The number of carbonyl (C=O) groups excluding carboxylic acids is 4. The molecular formula is C22H41N3O10. The molecule has 0 aromatic rings. The Labute approximate surface area is 206 Å². The van der Waals surface area contributed by atoms with Gasteiger partial charge in [-0.2, -0.15) is 0 Å². The molecule has 35 heavy (non-hydrogen) atoms. The molecule has 0 aliphatic carbocycles. The molecule has 13 nitrogen and oxygen atoms in total. The van der Waals surface area contributed by atoms with Crippen molar-refractivity contribution in [1.82, 2.24) is 16.0 Å². The van der Waals surface area contributed by atoms with Crippen LogP contribution in [0.1, 0.15) is 32.1 Å². The van der Waals surface area contributed by atoms with E-state index >= 15 is 0 Å². The van der Waals surface area contributed by atoms with Crippen LogP contribution in [0.4, 0.5) is 9.59 Å². The van der Waals surface area contributed by atoms with Crippen molar-refractivity contribution in [3.63, 3.8) is 0 Å². The second-order valence-electron chi connectivity index (χ2n) is 7.26. The average molecular weight is 508 g/mol. The Morgan fingerprint density at radius 3 is 1.91 bits per heavy atom. The normalized spacial score (nSPS) is 10.6. The van der Waals surface area contributed by atoms with Crippen LogP contribution in [-0.4, -0.2) is 111 Å². The monoisotopic (exact) mass is 507 g/mol. The molecule has 3 amide bonds. The second kappa shape index (κ2) is 24.6. The zero-order chi connectivity index (χ0) is 26.0. The molecular weight excluding hydrogens is 466 g/mol. The third-order valence-corrected chi connectivity index (χ3v) is 4.25. The highest BCUT2D eigenvalue weighted by molar-refractivity contribution is 5.75. The van der Waals surface area contributed by atoms with Crippen LogP contribution < -0.4 is 16.0 Å². The van der Waals surface area contributed by atoms with Crippen molar-refractivity contribution in [3.8, 4) is 0 Å². The van der Waals surface area contributed by atoms with Gasteiger partial charge in [-0.3, -0.25) is 4.79 Å². The minimum atomic E-state index is -0.698. The first-order chi connectivity index (χ1) is 17.0. The maximum atomic E-state index is 11.9. The highest BCUT2D eigenvalue weighted by Crippen LogP contribution is 2.00. The number of rotatable bonds is 23. The minimum absolute atomic E-state index is 0.117. The van der Waals surface area contributed by atoms with Crippen molar-refractivity contribution in [2.45, 2.75) is 38.2 Å². The molecule has 0 unspecified atom stereocenters. The highest BCUT2D eigenvalue weighted by Gasteiger charge is 2.16. The summed E-state index contributed by atoms with van der Waals surface area (Å²) in [5.41, 5.74) is 0. The van der Waals surface area contributed by atoms with Gasteiger partial charge in [0.2, 0.25) is 5.91 Å². The fourth-order valence-electron chi connectivity index (χ4n) is 2.44. The van der Waals surface area contributed by atoms with Gasteiger partial charge >= 0.3 is 12.2 Å². The first kappa shape index (κ1) is 32.5. The predicted molar refractivity (Wildman–Crippen MR) is 125 cm³/mol. The molecule has 0 aliphatic heterocycles. The lowest BCUT2D eigenvalue weighted by molar-refractivity contribution is -0.121. The molecule has 13 heteroatoms. The lowest BCUT2D eigenvalue weighted by atomic mass is 10.3. The highest BCUT2D eigenvalue weighted by atomic mass is 16.6. The van der Waals surface area contributed by atoms with E-state index in [1.807, 2.05) is 0 Å². The molecule has 0 saturated heterocycles. The molecule has 204 valence electrons. The van der Waals surface area contributed by atoms with Crippen LogP contribution in [0, 0.1) is 0 Å². The van der Waals surface area contributed by atoms with Crippen molar-refractivity contribution < 1.29 is 47.6 Å². The Morgan fingerprint density at radius 2 is 1.34 bits per heavy atom. The molecule has 0 spiro atoms. The maximum absolute atomic E-state index is 11.9. The molecule has 0 bridgehead atoms. The van der Waals surface area contributed by atoms with Gasteiger partial charge in [-0.05, 0) is 19.3 Å². The number of nitrogens with one attached hydrogen (secondary N) is 3. The van der Waals surface area contributed by atoms with Gasteiger partial charge < -0.3 is 49.2 Å². The first-order valence-electron chi connectivity index (χ1n) is 11.7. The largest absolute Gasteiger partial charge is 0.447 e. The van der Waals surface area contributed by atoms with Gasteiger partial charge in [0, 0.05) is 66.5 Å². The van der Waals surface area contributed by atoms with Crippen molar-refractivity contribution in [2.75, 3.05) is 80.1 Å². The molecule has 0 heterocycles. The Morgan fingerprint density at radius 1 is 0.743 bits per heavy atom. The second-order valence-corrected chi connectivity index (χ2v) is 7.26. The lowest BCUT2D eigenvalue weighted by Crippen LogP contribution is -2.35. The number of amides is 3. The number of methoxy groups -OCH3 is 2. The summed E-state index contributed by atoms with van der Waals surface area (Å²) in [7, 11) is 3.03. The lowest BCUT2D eigenvalue weighted by Gasteiger charge is -2.18. The van der Waals surface area contributed by atoms with Crippen LogP contribution in [0.15, 0.2) is 0 Å². The molecule has 0 atom stereocenters. The molecule has 0 radical (unpaired) electrons. The summed E-state index contributed by atoms with van der Waals surface area (Å²) in [6, 6.07) is 0. The number of aldehydes is 1. The van der Waals surface area contributed by atoms with Gasteiger partial charge in [0.05, 0.1) is 13.2 Å². The van der Waals surface area contributed by atoms with E-state index in [0.29, 0.717) is 71.7 Å². The fourth-order valence-corrected chi connectivity index (χ4v) is 2.44. The van der Waals surface area contributed by atoms with Gasteiger partial charge in [-0.25, -0.2) is 9.59 Å². The zero-order valence-corrected chi connectivity index (χ0v) is 20.8. The molecule has 0 aliphatic rings. The number of carbonyl (C=O) groups is 4. The van der Waals surface area contributed by atoms with Crippen LogP contribution in [0.2, 0.25) is 0 Å². The fraction of sp³-hybridized carbons (Fsp3) is 0.818. The minimum Gasteiger partial charge on any atom is -0.447 e. The standard InChI is InChI=1S/C22H41N3O10/c1-30-15-9-24-21(28)34-17-19(18-35-22(29)25-10-16-31-2)33-14-5-7-20(27)23-8-6-13-32-12-4-3-11-26/h11,19H,3-10,12-18H2,1-2H3,(H,23,27)(H,24,28)(H,25,29). The summed E-state index contributed by atoms with van der Waals surface area (Å²) < 4.78 is 30.9. The van der Waals surface area contributed by atoms with Gasteiger partial charge in [-0.1, -0.05) is 0 Å². The molecule has 0 aromatic carbocycles. The third-order valence-electron chi connectivity index (χ3n) is 4.25. The summed E-state index contributed by atoms with van der Waals surface area (Å²) >= 11 is 0. The van der Waals surface area contributed by atoms with Crippen molar-refractivity contribution in [3.05, 3.63) is 0 Å². The average Bonchev–Trinajstić information content (AvgIpc) is 2.84. The molecule has 0 aromatic heterocycles. The smallest absolute Gasteiger partial charge is 0.407 e. The summed E-state index contributed by atoms with van der Waals surface area (Å²) in [6.07, 6.45) is 1.42. The maximum Gasteiger partial charge on any atom is 0.407 e. The Bertz CT molecular complexity index is 540. The first-order valence-corrected chi connectivity index (χ1v) is 11.7. The zero-order valence-electron chi connectivity index (χ0n) is 20.8.